The number of likely N-dealkylation sites (tertiary alicyclic amines) is 1. The maximum Gasteiger partial charge on any atom is 0.418 e. The number of halogens is 5. The first-order valence-electron chi connectivity index (χ1n) is 18.2. The van der Waals surface area contributed by atoms with Crippen LogP contribution in [0.15, 0.2) is 59.5 Å². The zero-order chi connectivity index (χ0) is 38.3. The van der Waals surface area contributed by atoms with Gasteiger partial charge in [0.1, 0.15) is 23.4 Å². The fourth-order valence-corrected chi connectivity index (χ4v) is 8.35. The van der Waals surface area contributed by atoms with Gasteiger partial charge in [0.2, 0.25) is 11.8 Å². The van der Waals surface area contributed by atoms with Gasteiger partial charge in [-0.05, 0) is 117 Å². The standard InChI is InChI=1S/C40H42F5N5O4/c1-48-21-30(29-19-26(41)3-5-28(29)39(48)53)25-17-33(42)31(36(18-25)54-2)22-49-13-9-23(10-14-49)24-11-15-50(16-12-24)35-7-4-27(20-32(35)40(43,44)45)46-34-6-8-37(51)47-38(34)52/h3-5,7,17-21,23-24,34,46H,6,8-16,22H2,1-2H3,(H,47,51,52). The number of fused-ring (bicyclic) bond motifs is 1. The number of imide groups is 1. The monoisotopic (exact) mass is 751 g/mol. The lowest BCUT2D eigenvalue weighted by Gasteiger charge is -2.41. The van der Waals surface area contributed by atoms with Crippen molar-refractivity contribution in [1.29, 1.82) is 0 Å². The molecule has 0 radical (unpaired) electrons. The molecule has 54 heavy (non-hydrogen) atoms. The smallest absolute Gasteiger partial charge is 0.418 e. The summed E-state index contributed by atoms with van der Waals surface area (Å²) in [4.78, 5) is 40.3. The van der Waals surface area contributed by atoms with E-state index in [0.29, 0.717) is 64.7 Å². The van der Waals surface area contributed by atoms with Crippen LogP contribution in [0, 0.1) is 23.5 Å². The number of pyridine rings is 1. The Morgan fingerprint density at radius 1 is 0.870 bits per heavy atom. The average molecular weight is 752 g/mol. The van der Waals surface area contributed by atoms with E-state index in [9.17, 15) is 31.9 Å². The van der Waals surface area contributed by atoms with Crippen molar-refractivity contribution >= 4 is 34.0 Å². The lowest BCUT2D eigenvalue weighted by molar-refractivity contribution is -0.137. The van der Waals surface area contributed by atoms with Gasteiger partial charge in [-0.3, -0.25) is 24.6 Å². The third kappa shape index (κ3) is 7.66. The molecule has 4 aromatic rings. The molecule has 14 heteroatoms. The summed E-state index contributed by atoms with van der Waals surface area (Å²) in [5.74, 6) is -0.793. The van der Waals surface area contributed by atoms with Gasteiger partial charge in [0, 0.05) is 67.2 Å². The largest absolute Gasteiger partial charge is 0.496 e. The molecule has 2 amide bonds. The molecule has 3 fully saturated rings. The first-order chi connectivity index (χ1) is 25.8. The molecule has 1 aromatic heterocycles. The molecule has 1 unspecified atom stereocenters. The van der Waals surface area contributed by atoms with Gasteiger partial charge in [-0.15, -0.1) is 0 Å². The van der Waals surface area contributed by atoms with Crippen molar-refractivity contribution in [3.63, 3.8) is 0 Å². The highest BCUT2D eigenvalue weighted by atomic mass is 19.4. The van der Waals surface area contributed by atoms with Gasteiger partial charge in [0.25, 0.3) is 5.56 Å². The predicted molar refractivity (Wildman–Crippen MR) is 195 cm³/mol. The number of hydrogen-bond donors (Lipinski definition) is 2. The molecule has 3 aliphatic heterocycles. The normalized spacial score (nSPS) is 19.3. The van der Waals surface area contributed by atoms with Gasteiger partial charge in [0.05, 0.1) is 12.7 Å². The van der Waals surface area contributed by atoms with E-state index in [0.717, 1.165) is 44.8 Å². The van der Waals surface area contributed by atoms with Crippen molar-refractivity contribution < 1.29 is 36.3 Å². The van der Waals surface area contributed by atoms with E-state index in [1.54, 1.807) is 30.3 Å². The highest BCUT2D eigenvalue weighted by molar-refractivity contribution is 6.01. The molecule has 0 spiro atoms. The van der Waals surface area contributed by atoms with Crippen molar-refractivity contribution in [2.45, 2.75) is 57.3 Å². The Morgan fingerprint density at radius 3 is 2.24 bits per heavy atom. The first-order valence-corrected chi connectivity index (χ1v) is 18.2. The minimum absolute atomic E-state index is 0.114. The van der Waals surface area contributed by atoms with Gasteiger partial charge in [-0.2, -0.15) is 13.2 Å². The minimum atomic E-state index is -4.60. The number of carbonyl (C=O) groups excluding carboxylic acids is 2. The molecule has 0 saturated carbocycles. The minimum Gasteiger partial charge on any atom is -0.496 e. The molecule has 3 aliphatic rings. The molecule has 7 rings (SSSR count). The molecular weight excluding hydrogens is 709 g/mol. The number of piperidine rings is 3. The van der Waals surface area contributed by atoms with E-state index in [-0.39, 0.29) is 29.8 Å². The Balaban J connectivity index is 0.976. The molecule has 0 bridgehead atoms. The zero-order valence-corrected chi connectivity index (χ0v) is 30.1. The average Bonchev–Trinajstić information content (AvgIpc) is 3.15. The van der Waals surface area contributed by atoms with Crippen molar-refractivity contribution in [1.82, 2.24) is 14.8 Å². The third-order valence-corrected chi connectivity index (χ3v) is 11.3. The van der Waals surface area contributed by atoms with Crippen LogP contribution in [0.2, 0.25) is 0 Å². The Bertz CT molecular complexity index is 2140. The summed E-state index contributed by atoms with van der Waals surface area (Å²) in [5, 5.41) is 5.78. The second kappa shape index (κ2) is 15.0. The molecule has 0 aliphatic carbocycles. The van der Waals surface area contributed by atoms with Crippen LogP contribution < -0.4 is 25.8 Å². The summed E-state index contributed by atoms with van der Waals surface area (Å²) in [5.41, 5.74) is 0.622. The van der Waals surface area contributed by atoms with Crippen molar-refractivity contribution in [2.24, 2.45) is 18.9 Å². The summed E-state index contributed by atoms with van der Waals surface area (Å²) in [6.45, 7) is 2.78. The molecule has 1 atom stereocenters. The van der Waals surface area contributed by atoms with Gasteiger partial charge in [-0.25, -0.2) is 8.78 Å². The highest BCUT2D eigenvalue weighted by Gasteiger charge is 2.38. The number of anilines is 2. The Labute approximate surface area is 309 Å². The number of ether oxygens (including phenoxy) is 1. The van der Waals surface area contributed by atoms with Crippen LogP contribution in [0.3, 0.4) is 0 Å². The summed E-state index contributed by atoms with van der Waals surface area (Å²) >= 11 is 0. The predicted octanol–water partition coefficient (Wildman–Crippen LogP) is 6.86. The van der Waals surface area contributed by atoms with Gasteiger partial charge >= 0.3 is 6.18 Å². The lowest BCUT2D eigenvalue weighted by Crippen LogP contribution is -2.47. The number of nitrogens with one attached hydrogen (secondary N) is 2. The van der Waals surface area contributed by atoms with E-state index in [4.69, 9.17) is 4.74 Å². The highest BCUT2D eigenvalue weighted by Crippen LogP contribution is 2.42. The number of amides is 2. The molecule has 2 N–H and O–H groups in total. The van der Waals surface area contributed by atoms with Crippen LogP contribution in [0.1, 0.15) is 49.7 Å². The number of carbonyl (C=O) groups is 2. The molecule has 286 valence electrons. The van der Waals surface area contributed by atoms with Crippen LogP contribution in [0.4, 0.5) is 33.3 Å². The number of aromatic nitrogens is 1. The zero-order valence-electron chi connectivity index (χ0n) is 30.1. The van der Waals surface area contributed by atoms with Crippen LogP contribution in [0.5, 0.6) is 5.75 Å². The third-order valence-electron chi connectivity index (χ3n) is 11.3. The number of nitrogens with zero attached hydrogens (tertiary/aromatic N) is 3. The van der Waals surface area contributed by atoms with E-state index in [1.165, 1.54) is 42.0 Å². The SMILES string of the molecule is COc1cc(-c2cn(C)c(=O)c3ccc(F)cc23)cc(F)c1CN1CCC(C2CCN(c3ccc(NC4CCC(=O)NC4=O)cc3C(F)(F)F)CC2)CC1. The molecule has 3 saturated heterocycles. The second-order valence-corrected chi connectivity index (χ2v) is 14.6. The number of alkyl halides is 3. The maximum atomic E-state index is 15.8. The number of hydrogen-bond acceptors (Lipinski definition) is 7. The van der Waals surface area contributed by atoms with Crippen LogP contribution in [-0.4, -0.2) is 60.6 Å². The van der Waals surface area contributed by atoms with Crippen LogP contribution >= 0.6 is 0 Å². The summed E-state index contributed by atoms with van der Waals surface area (Å²) in [6, 6.07) is 10.3. The number of benzene rings is 3. The van der Waals surface area contributed by atoms with Crippen LogP contribution in [0.25, 0.3) is 21.9 Å². The van der Waals surface area contributed by atoms with Crippen molar-refractivity contribution in [3.05, 3.63) is 87.8 Å². The molecule has 3 aromatic carbocycles. The summed E-state index contributed by atoms with van der Waals surface area (Å²) < 4.78 is 79.9. The van der Waals surface area contributed by atoms with E-state index >= 15 is 4.39 Å². The topological polar surface area (TPSA) is 95.9 Å². The second-order valence-electron chi connectivity index (χ2n) is 14.6. The first kappa shape index (κ1) is 37.3. The van der Waals surface area contributed by atoms with Gasteiger partial charge in [-0.1, -0.05) is 0 Å². The fourth-order valence-electron chi connectivity index (χ4n) is 8.35. The lowest BCUT2D eigenvalue weighted by atomic mass is 9.78. The fraction of sp³-hybridized carbons (Fsp3) is 0.425. The Morgan fingerprint density at radius 2 is 1.57 bits per heavy atom. The molecule has 4 heterocycles. The van der Waals surface area contributed by atoms with Gasteiger partial charge in [0.15, 0.2) is 0 Å². The van der Waals surface area contributed by atoms with Crippen LogP contribution in [-0.2, 0) is 29.4 Å². The summed E-state index contributed by atoms with van der Waals surface area (Å²) in [6.07, 6.45) is 0.582. The number of aryl methyl sites for hydroxylation is 1. The summed E-state index contributed by atoms with van der Waals surface area (Å²) in [7, 11) is 3.07. The number of rotatable bonds is 8. The van der Waals surface area contributed by atoms with Crippen molar-refractivity contribution in [2.75, 3.05) is 43.5 Å². The maximum absolute atomic E-state index is 15.8. The quantitative estimate of drug-likeness (QED) is 0.150. The van der Waals surface area contributed by atoms with Crippen molar-refractivity contribution in [3.8, 4) is 16.9 Å². The molecule has 9 nitrogen and oxygen atoms in total. The number of methoxy groups -OCH3 is 1. The Hall–Kier alpha value is -4.98. The molecular formula is C40H42F5N5O4. The van der Waals surface area contributed by atoms with E-state index in [1.807, 2.05) is 0 Å². The van der Waals surface area contributed by atoms with Gasteiger partial charge < -0.3 is 19.5 Å². The van der Waals surface area contributed by atoms with E-state index < -0.39 is 41.2 Å². The van der Waals surface area contributed by atoms with E-state index in [2.05, 4.69) is 15.5 Å². The Kier molecular flexibility index (Phi) is 10.4.